The van der Waals surface area contributed by atoms with Crippen molar-refractivity contribution >= 4 is 35.0 Å². The molecule has 0 unspecified atom stereocenters. The van der Waals surface area contributed by atoms with Crippen LogP contribution in [-0.2, 0) is 17.6 Å². The van der Waals surface area contributed by atoms with Gasteiger partial charge in [-0.15, -0.1) is 0 Å². The number of rotatable bonds is 5. The summed E-state index contributed by atoms with van der Waals surface area (Å²) in [4.78, 5) is 19.9. The summed E-state index contributed by atoms with van der Waals surface area (Å²) in [5.74, 6) is 1.30. The van der Waals surface area contributed by atoms with E-state index in [4.69, 9.17) is 32.9 Å². The van der Waals surface area contributed by atoms with Crippen molar-refractivity contribution in [2.45, 2.75) is 54.8 Å². The highest BCUT2D eigenvalue weighted by Crippen LogP contribution is 2.49. The van der Waals surface area contributed by atoms with Gasteiger partial charge in [0.05, 0.1) is 24.1 Å². The number of hydrogen-bond donors (Lipinski definition) is 0. The van der Waals surface area contributed by atoms with Crippen molar-refractivity contribution < 1.29 is 4.74 Å². The van der Waals surface area contributed by atoms with Crippen LogP contribution in [0.15, 0.2) is 76.7 Å². The third-order valence-corrected chi connectivity index (χ3v) is 9.47. The minimum absolute atomic E-state index is 0.0290. The number of hydrogen-bond acceptors (Lipinski definition) is 4. The molecule has 2 aliphatic rings. The summed E-state index contributed by atoms with van der Waals surface area (Å²) < 4.78 is 7.17. The van der Waals surface area contributed by atoms with Crippen LogP contribution in [0.1, 0.15) is 48.8 Å². The maximum absolute atomic E-state index is 14.6. The molecule has 0 bridgehead atoms. The first-order valence-corrected chi connectivity index (χ1v) is 14.7. The molecule has 1 fully saturated rings. The second-order valence-electron chi connectivity index (χ2n) is 10.2. The molecule has 1 spiro atoms. The molecule has 6 rings (SSSR count). The van der Waals surface area contributed by atoms with E-state index in [0.29, 0.717) is 21.0 Å². The van der Waals surface area contributed by atoms with Crippen LogP contribution in [0.4, 0.5) is 0 Å². The lowest BCUT2D eigenvalue weighted by Crippen LogP contribution is -2.42. The van der Waals surface area contributed by atoms with Crippen molar-refractivity contribution in [1.82, 2.24) is 9.55 Å². The Balaban J connectivity index is 1.56. The van der Waals surface area contributed by atoms with Crippen LogP contribution >= 0.6 is 35.0 Å². The minimum atomic E-state index is -0.178. The number of ether oxygens (including phenoxy) is 1. The summed E-state index contributed by atoms with van der Waals surface area (Å²) in [5.41, 5.74) is 5.65. The van der Waals surface area contributed by atoms with Gasteiger partial charge < -0.3 is 4.74 Å². The molecule has 1 saturated carbocycles. The van der Waals surface area contributed by atoms with Crippen LogP contribution in [0, 0.1) is 0 Å². The molecule has 0 saturated heterocycles. The highest BCUT2D eigenvalue weighted by Gasteiger charge is 2.43. The molecular formula is C31H28Cl2N2O2S. The van der Waals surface area contributed by atoms with Gasteiger partial charge in [0.15, 0.2) is 5.16 Å². The maximum atomic E-state index is 14.6. The number of aromatic nitrogens is 2. The lowest BCUT2D eigenvalue weighted by Gasteiger charge is -2.42. The van der Waals surface area contributed by atoms with E-state index in [9.17, 15) is 4.79 Å². The van der Waals surface area contributed by atoms with E-state index in [-0.39, 0.29) is 11.0 Å². The first kappa shape index (κ1) is 25.5. The van der Waals surface area contributed by atoms with E-state index in [1.54, 1.807) is 17.7 Å². The van der Waals surface area contributed by atoms with Crippen LogP contribution < -0.4 is 10.3 Å². The van der Waals surface area contributed by atoms with Crippen molar-refractivity contribution in [3.8, 4) is 22.7 Å². The fraction of sp³-hybridized carbons (Fsp3) is 0.290. The fourth-order valence-electron chi connectivity index (χ4n) is 6.03. The standard InChI is InChI=1S/C31H28Cl2N2O2S/c1-37-24-13-11-23(12-14-24)35-29(36)27-28(34-30(35)38-19-21-9-10-22(32)17-26(21)33)25-8-4-3-7-20(25)18-31(27)15-5-2-6-16-31/h3-4,7-14,17H,2,5-6,15-16,18-19H2,1H3. The van der Waals surface area contributed by atoms with Crippen molar-refractivity contribution in [2.24, 2.45) is 0 Å². The SMILES string of the molecule is COc1ccc(-n2c(SCc3ccc(Cl)cc3Cl)nc3c(c2=O)C2(CCCCC2)Cc2ccccc2-3)cc1. The van der Waals surface area contributed by atoms with E-state index in [2.05, 4.69) is 18.2 Å². The second kappa shape index (κ2) is 10.4. The summed E-state index contributed by atoms with van der Waals surface area (Å²) in [6, 6.07) is 21.6. The molecule has 0 radical (unpaired) electrons. The average Bonchev–Trinajstić information content (AvgIpc) is 2.93. The van der Waals surface area contributed by atoms with E-state index < -0.39 is 0 Å². The molecule has 38 heavy (non-hydrogen) atoms. The molecule has 0 aliphatic heterocycles. The van der Waals surface area contributed by atoms with Crippen LogP contribution in [0.2, 0.25) is 10.0 Å². The Morgan fingerprint density at radius 1 is 1.00 bits per heavy atom. The smallest absolute Gasteiger partial charge is 0.263 e. The van der Waals surface area contributed by atoms with Crippen LogP contribution in [0.5, 0.6) is 5.75 Å². The third-order valence-electron chi connectivity index (χ3n) is 7.90. The minimum Gasteiger partial charge on any atom is -0.497 e. The third kappa shape index (κ3) is 4.55. The van der Waals surface area contributed by atoms with Gasteiger partial charge in [-0.2, -0.15) is 0 Å². The Hall–Kier alpha value is -2.73. The largest absolute Gasteiger partial charge is 0.497 e. The van der Waals surface area contributed by atoms with Gasteiger partial charge in [0.2, 0.25) is 0 Å². The normalized spacial score (nSPS) is 15.7. The summed E-state index contributed by atoms with van der Waals surface area (Å²) in [6.07, 6.45) is 6.41. The number of halogens is 2. The van der Waals surface area contributed by atoms with Crippen LogP contribution in [-0.4, -0.2) is 16.7 Å². The van der Waals surface area contributed by atoms with Gasteiger partial charge in [-0.05, 0) is 66.8 Å². The predicted octanol–water partition coefficient (Wildman–Crippen LogP) is 8.27. The lowest BCUT2D eigenvalue weighted by atomic mass is 9.62. The number of thioether (sulfide) groups is 1. The molecule has 194 valence electrons. The molecule has 0 amide bonds. The van der Waals surface area contributed by atoms with Crippen LogP contribution in [0.3, 0.4) is 0 Å². The van der Waals surface area contributed by atoms with E-state index in [1.165, 1.54) is 23.7 Å². The average molecular weight is 564 g/mol. The van der Waals surface area contributed by atoms with Gasteiger partial charge in [0.25, 0.3) is 5.56 Å². The molecule has 3 aromatic carbocycles. The fourth-order valence-corrected chi connectivity index (χ4v) is 7.59. The predicted molar refractivity (Wildman–Crippen MR) is 156 cm³/mol. The lowest BCUT2D eigenvalue weighted by molar-refractivity contribution is 0.283. The van der Waals surface area contributed by atoms with Crippen molar-refractivity contribution in [2.75, 3.05) is 7.11 Å². The number of nitrogens with zero attached hydrogens (tertiary/aromatic N) is 2. The molecule has 1 aromatic heterocycles. The monoisotopic (exact) mass is 562 g/mol. The van der Waals surface area contributed by atoms with E-state index >= 15 is 0 Å². The summed E-state index contributed by atoms with van der Waals surface area (Å²) >= 11 is 14.1. The van der Waals surface area contributed by atoms with Gasteiger partial charge in [-0.25, -0.2) is 4.98 Å². The Morgan fingerprint density at radius 3 is 2.50 bits per heavy atom. The molecule has 1 heterocycles. The maximum Gasteiger partial charge on any atom is 0.263 e. The summed E-state index contributed by atoms with van der Waals surface area (Å²) in [6.45, 7) is 0. The topological polar surface area (TPSA) is 44.1 Å². The van der Waals surface area contributed by atoms with Crippen molar-refractivity contribution in [1.29, 1.82) is 0 Å². The Kier molecular flexibility index (Phi) is 7.02. The van der Waals surface area contributed by atoms with Crippen molar-refractivity contribution in [3.05, 3.63) is 104 Å². The van der Waals surface area contributed by atoms with Gasteiger partial charge in [-0.1, -0.05) is 84.6 Å². The Bertz CT molecular complexity index is 1560. The van der Waals surface area contributed by atoms with Gasteiger partial charge >= 0.3 is 0 Å². The van der Waals surface area contributed by atoms with Crippen LogP contribution in [0.25, 0.3) is 16.9 Å². The van der Waals surface area contributed by atoms with E-state index in [1.807, 2.05) is 42.5 Å². The zero-order chi connectivity index (χ0) is 26.3. The summed E-state index contributed by atoms with van der Waals surface area (Å²) in [7, 11) is 1.64. The molecule has 4 nitrogen and oxygen atoms in total. The second-order valence-corrected chi connectivity index (χ2v) is 11.9. The Morgan fingerprint density at radius 2 is 1.76 bits per heavy atom. The quantitative estimate of drug-likeness (QED) is 0.181. The number of fused-ring (bicyclic) bond motifs is 4. The summed E-state index contributed by atoms with van der Waals surface area (Å²) in [5, 5.41) is 1.85. The van der Waals surface area contributed by atoms with Gasteiger partial charge in [0, 0.05) is 26.8 Å². The number of benzene rings is 3. The molecule has 2 aliphatic carbocycles. The molecular weight excluding hydrogens is 535 g/mol. The zero-order valence-corrected chi connectivity index (χ0v) is 23.5. The molecule has 0 N–H and O–H groups in total. The van der Waals surface area contributed by atoms with Gasteiger partial charge in [-0.3, -0.25) is 9.36 Å². The first-order valence-electron chi connectivity index (χ1n) is 13.0. The molecule has 4 aromatic rings. The van der Waals surface area contributed by atoms with Crippen molar-refractivity contribution in [3.63, 3.8) is 0 Å². The van der Waals surface area contributed by atoms with Gasteiger partial charge in [0.1, 0.15) is 5.75 Å². The molecule has 7 heteroatoms. The highest BCUT2D eigenvalue weighted by molar-refractivity contribution is 7.98. The van der Waals surface area contributed by atoms with E-state index in [0.717, 1.165) is 65.9 Å². The molecule has 0 atom stereocenters. The zero-order valence-electron chi connectivity index (χ0n) is 21.2. The first-order chi connectivity index (χ1) is 18.5. The highest BCUT2D eigenvalue weighted by atomic mass is 35.5. The Labute approximate surface area is 237 Å². The number of methoxy groups -OCH3 is 1.